The number of anilines is 1. The second kappa shape index (κ2) is 5.09. The number of esters is 1. The molecule has 2 aromatic rings. The maximum Gasteiger partial charge on any atom is 0.374 e. The molecule has 0 spiro atoms. The van der Waals surface area contributed by atoms with Crippen LogP contribution in [0.3, 0.4) is 0 Å². The second-order valence-corrected chi connectivity index (χ2v) is 4.45. The lowest BCUT2D eigenvalue weighted by Crippen LogP contribution is -2.12. The van der Waals surface area contributed by atoms with Crippen LogP contribution >= 0.6 is 0 Å². The molecule has 0 radical (unpaired) electrons. The number of amides is 1. The van der Waals surface area contributed by atoms with Crippen molar-refractivity contribution in [1.29, 1.82) is 0 Å². The minimum atomic E-state index is -0.493. The van der Waals surface area contributed by atoms with Gasteiger partial charge in [-0.25, -0.2) is 9.78 Å². The summed E-state index contributed by atoms with van der Waals surface area (Å²) in [4.78, 5) is 29.7. The summed E-state index contributed by atoms with van der Waals surface area (Å²) < 4.78 is 5.06. The summed E-state index contributed by atoms with van der Waals surface area (Å²) in [6, 6.07) is 5.17. The zero-order chi connectivity index (χ0) is 14.0. The van der Waals surface area contributed by atoms with Crippen LogP contribution in [0.1, 0.15) is 31.4 Å². The summed E-state index contributed by atoms with van der Waals surface area (Å²) in [5, 5.41) is 2.66. The fourth-order valence-electron chi connectivity index (χ4n) is 1.66. The van der Waals surface area contributed by atoms with E-state index in [-0.39, 0.29) is 17.8 Å². The topological polar surface area (TPSA) is 84.1 Å². The number of fused-ring (bicyclic) bond motifs is 1. The van der Waals surface area contributed by atoms with Crippen LogP contribution in [0.15, 0.2) is 18.2 Å². The number of imidazole rings is 1. The van der Waals surface area contributed by atoms with Gasteiger partial charge >= 0.3 is 5.97 Å². The molecular formula is C13H15N3O3. The van der Waals surface area contributed by atoms with Gasteiger partial charge in [-0.1, -0.05) is 0 Å². The Morgan fingerprint density at radius 3 is 2.74 bits per heavy atom. The first-order valence-corrected chi connectivity index (χ1v) is 5.94. The molecule has 6 heteroatoms. The Morgan fingerprint density at radius 1 is 1.37 bits per heavy atom. The van der Waals surface area contributed by atoms with Crippen LogP contribution in [-0.4, -0.2) is 27.9 Å². The van der Waals surface area contributed by atoms with E-state index in [1.54, 1.807) is 32.0 Å². The number of benzene rings is 1. The SMILES string of the molecule is CC(=O)Nc1ccc2nc(C(=O)OC(C)C)[nH]c2c1. The number of carbonyl (C=O) groups excluding carboxylic acids is 2. The fraction of sp³-hybridized carbons (Fsp3) is 0.308. The molecule has 0 unspecified atom stereocenters. The molecule has 6 nitrogen and oxygen atoms in total. The molecule has 0 aliphatic heterocycles. The van der Waals surface area contributed by atoms with Gasteiger partial charge in [0.05, 0.1) is 17.1 Å². The van der Waals surface area contributed by atoms with Crippen LogP contribution in [-0.2, 0) is 9.53 Å². The van der Waals surface area contributed by atoms with Crippen molar-refractivity contribution in [3.05, 3.63) is 24.0 Å². The number of nitrogens with one attached hydrogen (secondary N) is 2. The largest absolute Gasteiger partial charge is 0.457 e. The Labute approximate surface area is 110 Å². The van der Waals surface area contributed by atoms with Gasteiger partial charge in [0.2, 0.25) is 11.7 Å². The molecule has 0 saturated heterocycles. The van der Waals surface area contributed by atoms with Gasteiger partial charge in [-0.2, -0.15) is 0 Å². The maximum atomic E-state index is 11.7. The van der Waals surface area contributed by atoms with E-state index in [4.69, 9.17) is 4.74 Å². The van der Waals surface area contributed by atoms with Crippen LogP contribution in [0.25, 0.3) is 11.0 Å². The molecule has 0 aliphatic carbocycles. The number of carbonyl (C=O) groups is 2. The van der Waals surface area contributed by atoms with Crippen LogP contribution in [0, 0.1) is 0 Å². The van der Waals surface area contributed by atoms with Crippen LogP contribution in [0.2, 0.25) is 0 Å². The standard InChI is InChI=1S/C13H15N3O3/c1-7(2)19-13(18)12-15-10-5-4-9(14-8(3)17)6-11(10)16-12/h4-7H,1-3H3,(H,14,17)(H,15,16). The Bertz CT molecular complexity index is 631. The molecule has 0 aliphatic rings. The molecule has 0 bridgehead atoms. The quantitative estimate of drug-likeness (QED) is 0.828. The van der Waals surface area contributed by atoms with Crippen LogP contribution < -0.4 is 5.32 Å². The van der Waals surface area contributed by atoms with Crippen molar-refractivity contribution in [3.63, 3.8) is 0 Å². The zero-order valence-corrected chi connectivity index (χ0v) is 11.0. The first-order valence-electron chi connectivity index (χ1n) is 5.94. The number of hydrogen-bond donors (Lipinski definition) is 2. The second-order valence-electron chi connectivity index (χ2n) is 4.45. The monoisotopic (exact) mass is 261 g/mol. The van der Waals surface area contributed by atoms with Gasteiger partial charge in [0, 0.05) is 12.6 Å². The number of aromatic nitrogens is 2. The van der Waals surface area contributed by atoms with E-state index in [0.717, 1.165) is 0 Å². The summed E-state index contributed by atoms with van der Waals surface area (Å²) in [7, 11) is 0. The van der Waals surface area contributed by atoms with E-state index >= 15 is 0 Å². The minimum Gasteiger partial charge on any atom is -0.457 e. The number of ether oxygens (including phenoxy) is 1. The average molecular weight is 261 g/mol. The lowest BCUT2D eigenvalue weighted by atomic mass is 10.3. The van der Waals surface area contributed by atoms with E-state index < -0.39 is 5.97 Å². The zero-order valence-electron chi connectivity index (χ0n) is 11.0. The Hall–Kier alpha value is -2.37. The van der Waals surface area contributed by atoms with Crippen molar-refractivity contribution in [1.82, 2.24) is 9.97 Å². The van der Waals surface area contributed by atoms with Crippen molar-refractivity contribution in [2.45, 2.75) is 26.9 Å². The van der Waals surface area contributed by atoms with E-state index in [1.807, 2.05) is 0 Å². The highest BCUT2D eigenvalue weighted by atomic mass is 16.5. The van der Waals surface area contributed by atoms with Gasteiger partial charge in [0.15, 0.2) is 0 Å². The third kappa shape index (κ3) is 3.09. The lowest BCUT2D eigenvalue weighted by Gasteiger charge is -2.04. The molecule has 19 heavy (non-hydrogen) atoms. The smallest absolute Gasteiger partial charge is 0.374 e. The predicted octanol–water partition coefficient (Wildman–Crippen LogP) is 2.09. The molecule has 1 aromatic heterocycles. The number of H-pyrrole nitrogens is 1. The fourth-order valence-corrected chi connectivity index (χ4v) is 1.66. The average Bonchev–Trinajstić information content (AvgIpc) is 2.70. The van der Waals surface area contributed by atoms with Gasteiger partial charge in [0.25, 0.3) is 0 Å². The molecule has 0 atom stereocenters. The number of rotatable bonds is 3. The van der Waals surface area contributed by atoms with Crippen molar-refractivity contribution in [2.24, 2.45) is 0 Å². The molecule has 2 rings (SSSR count). The third-order valence-electron chi connectivity index (χ3n) is 2.34. The van der Waals surface area contributed by atoms with Crippen molar-refractivity contribution in [2.75, 3.05) is 5.32 Å². The third-order valence-corrected chi connectivity index (χ3v) is 2.34. The van der Waals surface area contributed by atoms with Crippen LogP contribution in [0.4, 0.5) is 5.69 Å². The van der Waals surface area contributed by atoms with E-state index in [1.165, 1.54) is 6.92 Å². The Kier molecular flexibility index (Phi) is 3.50. The number of nitrogens with zero attached hydrogens (tertiary/aromatic N) is 1. The summed E-state index contributed by atoms with van der Waals surface area (Å²) >= 11 is 0. The lowest BCUT2D eigenvalue weighted by molar-refractivity contribution is -0.114. The Balaban J connectivity index is 2.30. The highest BCUT2D eigenvalue weighted by molar-refractivity contribution is 5.94. The molecule has 100 valence electrons. The number of hydrogen-bond acceptors (Lipinski definition) is 4. The van der Waals surface area contributed by atoms with E-state index in [2.05, 4.69) is 15.3 Å². The minimum absolute atomic E-state index is 0.154. The van der Waals surface area contributed by atoms with Crippen molar-refractivity contribution < 1.29 is 14.3 Å². The molecule has 0 fully saturated rings. The van der Waals surface area contributed by atoms with Gasteiger partial charge in [-0.15, -0.1) is 0 Å². The molecule has 1 amide bonds. The first-order chi connectivity index (χ1) is 8.95. The molecule has 0 saturated carbocycles. The van der Waals surface area contributed by atoms with Crippen molar-refractivity contribution >= 4 is 28.6 Å². The number of aromatic amines is 1. The predicted molar refractivity (Wildman–Crippen MR) is 70.9 cm³/mol. The van der Waals surface area contributed by atoms with Crippen molar-refractivity contribution in [3.8, 4) is 0 Å². The normalized spacial score (nSPS) is 10.7. The van der Waals surface area contributed by atoms with E-state index in [9.17, 15) is 9.59 Å². The molecular weight excluding hydrogens is 246 g/mol. The van der Waals surface area contributed by atoms with Gasteiger partial charge in [-0.05, 0) is 32.0 Å². The van der Waals surface area contributed by atoms with Gasteiger partial charge in [0.1, 0.15) is 0 Å². The van der Waals surface area contributed by atoms with Crippen LogP contribution in [0.5, 0.6) is 0 Å². The summed E-state index contributed by atoms with van der Waals surface area (Å²) in [5.74, 6) is -0.491. The van der Waals surface area contributed by atoms with Gasteiger partial charge < -0.3 is 15.0 Å². The summed E-state index contributed by atoms with van der Waals surface area (Å²) in [5.41, 5.74) is 1.96. The Morgan fingerprint density at radius 2 is 2.11 bits per heavy atom. The van der Waals surface area contributed by atoms with Gasteiger partial charge in [-0.3, -0.25) is 4.79 Å². The highest BCUT2D eigenvalue weighted by Gasteiger charge is 2.14. The first kappa shape index (κ1) is 13.1. The molecule has 1 aromatic carbocycles. The summed E-state index contributed by atoms with van der Waals surface area (Å²) in [6.45, 7) is 4.98. The maximum absolute atomic E-state index is 11.7. The van der Waals surface area contributed by atoms with E-state index in [0.29, 0.717) is 16.7 Å². The molecule has 2 N–H and O–H groups in total. The highest BCUT2D eigenvalue weighted by Crippen LogP contribution is 2.17. The summed E-state index contributed by atoms with van der Waals surface area (Å²) in [6.07, 6.45) is -0.198. The molecule has 1 heterocycles.